The summed E-state index contributed by atoms with van der Waals surface area (Å²) >= 11 is 0. The lowest BCUT2D eigenvalue weighted by Crippen LogP contribution is -2.30. The summed E-state index contributed by atoms with van der Waals surface area (Å²) in [5.41, 5.74) is 1.02. The van der Waals surface area contributed by atoms with E-state index < -0.39 is 10.0 Å². The van der Waals surface area contributed by atoms with Crippen LogP contribution in [0.3, 0.4) is 0 Å². The molecule has 0 aliphatic heterocycles. The number of benzene rings is 2. The van der Waals surface area contributed by atoms with Crippen LogP contribution >= 0.6 is 0 Å². The molecule has 2 N–H and O–H groups in total. The molecule has 0 aliphatic rings. The minimum Gasteiger partial charge on any atom is -0.496 e. The molecule has 6 nitrogen and oxygen atoms in total. The third-order valence-electron chi connectivity index (χ3n) is 3.47. The summed E-state index contributed by atoms with van der Waals surface area (Å²) in [6, 6.07) is 13.1. The van der Waals surface area contributed by atoms with Crippen LogP contribution in [-0.4, -0.2) is 27.5 Å². The summed E-state index contributed by atoms with van der Waals surface area (Å²) in [5.74, 6) is 0.298. The Hall–Kier alpha value is -2.38. The number of rotatable bonds is 7. The van der Waals surface area contributed by atoms with E-state index in [2.05, 4.69) is 10.0 Å². The lowest BCUT2D eigenvalue weighted by atomic mass is 10.2. The van der Waals surface area contributed by atoms with E-state index in [-0.39, 0.29) is 23.4 Å². The van der Waals surface area contributed by atoms with Crippen LogP contribution in [0.15, 0.2) is 53.4 Å². The van der Waals surface area contributed by atoms with Gasteiger partial charge >= 0.3 is 0 Å². The van der Waals surface area contributed by atoms with Gasteiger partial charge in [-0.05, 0) is 38.1 Å². The molecule has 2 rings (SSSR count). The standard InChI is InChI=1S/C18H22N2O4S/c1-13(2)20-18(21)14-8-6-9-16(11-14)25(22,23)19-12-15-7-4-5-10-17(15)24-3/h4-11,13,19H,12H2,1-3H3,(H,20,21). The Labute approximate surface area is 148 Å². The molecule has 0 radical (unpaired) electrons. The molecule has 0 atom stereocenters. The second-order valence-electron chi connectivity index (χ2n) is 5.79. The zero-order valence-corrected chi connectivity index (χ0v) is 15.3. The highest BCUT2D eigenvalue weighted by molar-refractivity contribution is 7.89. The van der Waals surface area contributed by atoms with Crippen molar-refractivity contribution in [3.8, 4) is 5.75 Å². The predicted molar refractivity (Wildman–Crippen MR) is 96.1 cm³/mol. The van der Waals surface area contributed by atoms with Gasteiger partial charge in [0.15, 0.2) is 0 Å². The first-order valence-corrected chi connectivity index (χ1v) is 9.34. The zero-order chi connectivity index (χ0) is 18.4. The van der Waals surface area contributed by atoms with Crippen molar-refractivity contribution in [1.82, 2.24) is 10.0 Å². The Kier molecular flexibility index (Phi) is 6.17. The number of methoxy groups -OCH3 is 1. The topological polar surface area (TPSA) is 84.5 Å². The minimum atomic E-state index is -3.75. The Balaban J connectivity index is 2.18. The number of hydrogen-bond donors (Lipinski definition) is 2. The second kappa shape index (κ2) is 8.13. The lowest BCUT2D eigenvalue weighted by molar-refractivity contribution is 0.0943. The van der Waals surface area contributed by atoms with Crippen LogP contribution in [0.1, 0.15) is 29.8 Å². The highest BCUT2D eigenvalue weighted by Crippen LogP contribution is 2.18. The maximum absolute atomic E-state index is 12.5. The quantitative estimate of drug-likeness (QED) is 0.792. The van der Waals surface area contributed by atoms with Gasteiger partial charge in [-0.15, -0.1) is 0 Å². The van der Waals surface area contributed by atoms with Crippen LogP contribution in [0, 0.1) is 0 Å². The monoisotopic (exact) mass is 362 g/mol. The van der Waals surface area contributed by atoms with Gasteiger partial charge in [-0.2, -0.15) is 0 Å². The Morgan fingerprint density at radius 2 is 1.84 bits per heavy atom. The van der Waals surface area contributed by atoms with Gasteiger partial charge in [0.2, 0.25) is 10.0 Å². The van der Waals surface area contributed by atoms with Crippen molar-refractivity contribution < 1.29 is 17.9 Å². The molecule has 0 spiro atoms. The van der Waals surface area contributed by atoms with Gasteiger partial charge < -0.3 is 10.1 Å². The molecule has 0 unspecified atom stereocenters. The molecule has 2 aromatic rings. The number of sulfonamides is 1. The fourth-order valence-corrected chi connectivity index (χ4v) is 3.31. The van der Waals surface area contributed by atoms with Gasteiger partial charge in [-0.25, -0.2) is 13.1 Å². The third-order valence-corrected chi connectivity index (χ3v) is 4.87. The van der Waals surface area contributed by atoms with E-state index in [1.807, 2.05) is 26.0 Å². The van der Waals surface area contributed by atoms with E-state index in [0.717, 1.165) is 5.56 Å². The highest BCUT2D eigenvalue weighted by atomic mass is 32.2. The smallest absolute Gasteiger partial charge is 0.251 e. The molecule has 0 saturated carbocycles. The molecule has 0 aliphatic carbocycles. The van der Waals surface area contributed by atoms with Crippen molar-refractivity contribution in [3.63, 3.8) is 0 Å². The van der Waals surface area contributed by atoms with Gasteiger partial charge in [-0.3, -0.25) is 4.79 Å². The summed E-state index contributed by atoms with van der Waals surface area (Å²) in [6.07, 6.45) is 0. The van der Waals surface area contributed by atoms with Crippen molar-refractivity contribution >= 4 is 15.9 Å². The third kappa shape index (κ3) is 5.04. The minimum absolute atomic E-state index is 0.0311. The lowest BCUT2D eigenvalue weighted by Gasteiger charge is -2.12. The number of ether oxygens (including phenoxy) is 1. The summed E-state index contributed by atoms with van der Waals surface area (Å²) < 4.78 is 32.8. The number of para-hydroxylation sites is 1. The normalized spacial score (nSPS) is 11.4. The molecule has 7 heteroatoms. The van der Waals surface area contributed by atoms with Crippen molar-refractivity contribution in [2.24, 2.45) is 0 Å². The molecular weight excluding hydrogens is 340 g/mol. The van der Waals surface area contributed by atoms with Crippen LogP contribution in [0.5, 0.6) is 5.75 Å². The molecule has 0 fully saturated rings. The average molecular weight is 362 g/mol. The Morgan fingerprint density at radius 3 is 2.52 bits per heavy atom. The van der Waals surface area contributed by atoms with Gasteiger partial charge in [-0.1, -0.05) is 24.3 Å². The largest absolute Gasteiger partial charge is 0.496 e. The highest BCUT2D eigenvalue weighted by Gasteiger charge is 2.17. The summed E-state index contributed by atoms with van der Waals surface area (Å²) in [4.78, 5) is 12.1. The van der Waals surface area contributed by atoms with Gasteiger partial charge in [0.1, 0.15) is 5.75 Å². The van der Waals surface area contributed by atoms with E-state index in [0.29, 0.717) is 11.3 Å². The van der Waals surface area contributed by atoms with Crippen LogP contribution < -0.4 is 14.8 Å². The molecule has 0 bridgehead atoms. The Morgan fingerprint density at radius 1 is 1.12 bits per heavy atom. The molecule has 134 valence electrons. The molecule has 2 aromatic carbocycles. The van der Waals surface area contributed by atoms with Crippen LogP contribution in [-0.2, 0) is 16.6 Å². The van der Waals surface area contributed by atoms with E-state index in [1.54, 1.807) is 24.3 Å². The summed E-state index contributed by atoms with van der Waals surface area (Å²) in [6.45, 7) is 3.77. The van der Waals surface area contributed by atoms with E-state index in [4.69, 9.17) is 4.74 Å². The summed E-state index contributed by atoms with van der Waals surface area (Å²) in [7, 11) is -2.22. The molecule has 0 heterocycles. The van der Waals surface area contributed by atoms with Crippen LogP contribution in [0.25, 0.3) is 0 Å². The summed E-state index contributed by atoms with van der Waals surface area (Å²) in [5, 5.41) is 2.74. The van der Waals surface area contributed by atoms with E-state index in [9.17, 15) is 13.2 Å². The number of amides is 1. The SMILES string of the molecule is COc1ccccc1CNS(=O)(=O)c1cccc(C(=O)NC(C)C)c1. The number of carbonyl (C=O) groups is 1. The molecular formula is C18H22N2O4S. The van der Waals surface area contributed by atoms with E-state index in [1.165, 1.54) is 19.2 Å². The maximum atomic E-state index is 12.5. The van der Waals surface area contributed by atoms with Crippen molar-refractivity contribution in [1.29, 1.82) is 0 Å². The van der Waals surface area contributed by atoms with Crippen molar-refractivity contribution in [3.05, 3.63) is 59.7 Å². The molecule has 25 heavy (non-hydrogen) atoms. The van der Waals surface area contributed by atoms with Gasteiger partial charge in [0.25, 0.3) is 5.91 Å². The van der Waals surface area contributed by atoms with Gasteiger partial charge in [0.05, 0.1) is 12.0 Å². The number of hydrogen-bond acceptors (Lipinski definition) is 4. The van der Waals surface area contributed by atoms with Crippen LogP contribution in [0.4, 0.5) is 0 Å². The average Bonchev–Trinajstić information content (AvgIpc) is 2.60. The first kappa shape index (κ1) is 19.0. The molecule has 0 aromatic heterocycles. The first-order chi connectivity index (χ1) is 11.8. The van der Waals surface area contributed by atoms with Crippen LogP contribution in [0.2, 0.25) is 0 Å². The fourth-order valence-electron chi connectivity index (χ4n) is 2.26. The van der Waals surface area contributed by atoms with Crippen molar-refractivity contribution in [2.75, 3.05) is 7.11 Å². The first-order valence-electron chi connectivity index (χ1n) is 7.86. The Bertz CT molecular complexity index is 848. The maximum Gasteiger partial charge on any atom is 0.251 e. The van der Waals surface area contributed by atoms with Gasteiger partial charge in [0, 0.05) is 23.7 Å². The number of nitrogens with one attached hydrogen (secondary N) is 2. The predicted octanol–water partition coefficient (Wildman–Crippen LogP) is 2.31. The number of carbonyl (C=O) groups excluding carboxylic acids is 1. The molecule has 0 saturated heterocycles. The van der Waals surface area contributed by atoms with Crippen molar-refractivity contribution in [2.45, 2.75) is 31.3 Å². The fraction of sp³-hybridized carbons (Fsp3) is 0.278. The molecule has 1 amide bonds. The zero-order valence-electron chi connectivity index (χ0n) is 14.4. The second-order valence-corrected chi connectivity index (χ2v) is 7.56. The van der Waals surface area contributed by atoms with E-state index >= 15 is 0 Å².